The van der Waals surface area contributed by atoms with Crippen LogP contribution in [0, 0.1) is 0 Å². The van der Waals surface area contributed by atoms with Gasteiger partial charge in [-0.25, -0.2) is 4.79 Å². The Labute approximate surface area is 116 Å². The second kappa shape index (κ2) is 5.37. The van der Waals surface area contributed by atoms with Crippen LogP contribution in [0.3, 0.4) is 0 Å². The minimum atomic E-state index is -1.16. The highest BCUT2D eigenvalue weighted by Crippen LogP contribution is 2.34. The van der Waals surface area contributed by atoms with Gasteiger partial charge in [0.25, 0.3) is 0 Å². The fourth-order valence-corrected chi connectivity index (χ4v) is 2.50. The van der Waals surface area contributed by atoms with Gasteiger partial charge in [0, 0.05) is 19.5 Å². The Morgan fingerprint density at radius 1 is 1.35 bits per heavy atom. The third-order valence-electron chi connectivity index (χ3n) is 3.60. The number of nitrogens with zero attached hydrogens (tertiary/aromatic N) is 2. The molecule has 0 N–H and O–H groups in total. The standard InChI is InChI=1S/C12H18N2O6/c1-12(11(17)19-3)6-8-10(16)13(7-9(15)18-2)4-5-14(8)20-12/h8H,4-7H2,1-3H3. The molecule has 20 heavy (non-hydrogen) atoms. The summed E-state index contributed by atoms with van der Waals surface area (Å²) in [6.45, 7) is 2.28. The molecule has 8 heteroatoms. The van der Waals surface area contributed by atoms with Gasteiger partial charge >= 0.3 is 11.9 Å². The van der Waals surface area contributed by atoms with E-state index in [1.807, 2.05) is 0 Å². The van der Waals surface area contributed by atoms with Crippen molar-refractivity contribution in [1.82, 2.24) is 9.96 Å². The molecular formula is C12H18N2O6. The van der Waals surface area contributed by atoms with Crippen molar-refractivity contribution >= 4 is 17.8 Å². The van der Waals surface area contributed by atoms with Crippen LogP contribution in [0.2, 0.25) is 0 Å². The van der Waals surface area contributed by atoms with E-state index in [0.29, 0.717) is 13.1 Å². The maximum atomic E-state index is 12.3. The Kier molecular flexibility index (Phi) is 3.96. The first-order valence-corrected chi connectivity index (χ1v) is 6.31. The molecule has 2 saturated heterocycles. The predicted molar refractivity (Wildman–Crippen MR) is 65.2 cm³/mol. The molecule has 2 aliphatic rings. The molecular weight excluding hydrogens is 268 g/mol. The number of fused-ring (bicyclic) bond motifs is 1. The molecule has 2 aliphatic heterocycles. The fraction of sp³-hybridized carbons (Fsp3) is 0.750. The van der Waals surface area contributed by atoms with E-state index in [2.05, 4.69) is 4.74 Å². The lowest BCUT2D eigenvalue weighted by atomic mass is 9.97. The summed E-state index contributed by atoms with van der Waals surface area (Å²) in [6, 6.07) is -0.572. The van der Waals surface area contributed by atoms with Crippen molar-refractivity contribution in [2.45, 2.75) is 25.0 Å². The van der Waals surface area contributed by atoms with Crippen LogP contribution in [0.15, 0.2) is 0 Å². The number of hydrogen-bond donors (Lipinski definition) is 0. The van der Waals surface area contributed by atoms with E-state index < -0.39 is 23.6 Å². The lowest BCUT2D eigenvalue weighted by Crippen LogP contribution is -2.55. The molecule has 0 radical (unpaired) electrons. The van der Waals surface area contributed by atoms with Crippen molar-refractivity contribution in [3.63, 3.8) is 0 Å². The Hall–Kier alpha value is -1.67. The Morgan fingerprint density at radius 2 is 2.05 bits per heavy atom. The summed E-state index contributed by atoms with van der Waals surface area (Å²) in [4.78, 5) is 42.3. The van der Waals surface area contributed by atoms with Gasteiger partial charge in [-0.2, -0.15) is 5.06 Å². The minimum absolute atomic E-state index is 0.0887. The normalized spacial score (nSPS) is 30.1. The number of amides is 1. The molecule has 0 saturated carbocycles. The van der Waals surface area contributed by atoms with Crippen LogP contribution in [-0.4, -0.2) is 73.3 Å². The molecule has 2 heterocycles. The van der Waals surface area contributed by atoms with Crippen LogP contribution < -0.4 is 0 Å². The summed E-state index contributed by atoms with van der Waals surface area (Å²) in [5.41, 5.74) is -1.16. The van der Waals surface area contributed by atoms with Gasteiger partial charge in [0.1, 0.15) is 12.6 Å². The smallest absolute Gasteiger partial charge is 0.340 e. The maximum Gasteiger partial charge on any atom is 0.340 e. The second-order valence-corrected chi connectivity index (χ2v) is 5.01. The molecule has 0 aliphatic carbocycles. The fourth-order valence-electron chi connectivity index (χ4n) is 2.50. The lowest BCUT2D eigenvalue weighted by molar-refractivity contribution is -0.222. The van der Waals surface area contributed by atoms with E-state index in [1.54, 1.807) is 6.92 Å². The number of hydroxylamine groups is 2. The van der Waals surface area contributed by atoms with Gasteiger partial charge in [0.05, 0.1) is 14.2 Å². The van der Waals surface area contributed by atoms with Gasteiger partial charge in [-0.1, -0.05) is 0 Å². The molecule has 0 bridgehead atoms. The quantitative estimate of drug-likeness (QED) is 0.611. The monoisotopic (exact) mass is 286 g/mol. The van der Waals surface area contributed by atoms with Crippen LogP contribution in [0.25, 0.3) is 0 Å². The van der Waals surface area contributed by atoms with E-state index in [-0.39, 0.29) is 18.9 Å². The van der Waals surface area contributed by atoms with Crippen molar-refractivity contribution in [2.24, 2.45) is 0 Å². The summed E-state index contributed by atoms with van der Waals surface area (Å²) in [6.07, 6.45) is 0.205. The minimum Gasteiger partial charge on any atom is -0.468 e. The predicted octanol–water partition coefficient (Wildman–Crippen LogP) is -1.06. The molecule has 2 unspecified atom stereocenters. The summed E-state index contributed by atoms with van der Waals surface area (Å²) < 4.78 is 9.26. The van der Waals surface area contributed by atoms with Gasteiger partial charge in [-0.3, -0.25) is 14.4 Å². The van der Waals surface area contributed by atoms with Crippen LogP contribution in [-0.2, 0) is 28.7 Å². The number of carbonyl (C=O) groups is 3. The van der Waals surface area contributed by atoms with Crippen molar-refractivity contribution in [1.29, 1.82) is 0 Å². The molecule has 0 aromatic heterocycles. The van der Waals surface area contributed by atoms with E-state index in [1.165, 1.54) is 24.2 Å². The number of hydrogen-bond acceptors (Lipinski definition) is 7. The summed E-state index contributed by atoms with van der Waals surface area (Å²) in [5, 5.41) is 1.49. The molecule has 2 atom stereocenters. The zero-order chi connectivity index (χ0) is 14.9. The molecule has 0 aromatic carbocycles. The summed E-state index contributed by atoms with van der Waals surface area (Å²) >= 11 is 0. The average molecular weight is 286 g/mol. The van der Waals surface area contributed by atoms with E-state index >= 15 is 0 Å². The first kappa shape index (κ1) is 14.7. The second-order valence-electron chi connectivity index (χ2n) is 5.01. The topological polar surface area (TPSA) is 85.4 Å². The highest BCUT2D eigenvalue weighted by Gasteiger charge is 2.53. The number of piperazine rings is 1. The zero-order valence-electron chi connectivity index (χ0n) is 11.7. The van der Waals surface area contributed by atoms with Crippen molar-refractivity contribution in [3.8, 4) is 0 Å². The SMILES string of the molecule is COC(=O)CN1CCN2OC(C)(C(=O)OC)CC2C1=O. The van der Waals surface area contributed by atoms with Crippen molar-refractivity contribution < 1.29 is 28.7 Å². The third kappa shape index (κ3) is 2.48. The first-order chi connectivity index (χ1) is 9.41. The molecule has 0 aromatic rings. The summed E-state index contributed by atoms with van der Waals surface area (Å²) in [7, 11) is 2.55. The van der Waals surface area contributed by atoms with Crippen molar-refractivity contribution in [3.05, 3.63) is 0 Å². The number of methoxy groups -OCH3 is 2. The largest absolute Gasteiger partial charge is 0.468 e. The average Bonchev–Trinajstić information content (AvgIpc) is 2.79. The highest BCUT2D eigenvalue weighted by atomic mass is 16.7. The number of carbonyl (C=O) groups excluding carboxylic acids is 3. The van der Waals surface area contributed by atoms with Crippen LogP contribution in [0.1, 0.15) is 13.3 Å². The Bertz CT molecular complexity index is 440. The molecule has 1 amide bonds. The number of esters is 2. The van der Waals surface area contributed by atoms with Gasteiger partial charge < -0.3 is 14.4 Å². The van der Waals surface area contributed by atoms with Gasteiger partial charge in [0.2, 0.25) is 5.91 Å². The molecule has 8 nitrogen and oxygen atoms in total. The molecule has 2 fully saturated rings. The van der Waals surface area contributed by atoms with E-state index in [9.17, 15) is 14.4 Å². The third-order valence-corrected chi connectivity index (χ3v) is 3.60. The zero-order valence-corrected chi connectivity index (χ0v) is 11.7. The highest BCUT2D eigenvalue weighted by molar-refractivity contribution is 5.88. The van der Waals surface area contributed by atoms with Crippen molar-refractivity contribution in [2.75, 3.05) is 33.9 Å². The summed E-state index contributed by atoms with van der Waals surface area (Å²) in [5.74, 6) is -1.23. The molecule has 2 rings (SSSR count). The number of ether oxygens (including phenoxy) is 2. The molecule has 112 valence electrons. The number of rotatable bonds is 3. The van der Waals surface area contributed by atoms with Crippen LogP contribution in [0.4, 0.5) is 0 Å². The Morgan fingerprint density at radius 3 is 2.65 bits per heavy atom. The molecule has 0 spiro atoms. The van der Waals surface area contributed by atoms with E-state index in [0.717, 1.165) is 0 Å². The lowest BCUT2D eigenvalue weighted by Gasteiger charge is -2.34. The van der Waals surface area contributed by atoms with Gasteiger partial charge in [0.15, 0.2) is 5.60 Å². The van der Waals surface area contributed by atoms with Gasteiger partial charge in [-0.15, -0.1) is 0 Å². The van der Waals surface area contributed by atoms with Gasteiger partial charge in [-0.05, 0) is 6.92 Å². The maximum absolute atomic E-state index is 12.3. The van der Waals surface area contributed by atoms with E-state index in [4.69, 9.17) is 9.57 Å². The van der Waals surface area contributed by atoms with Crippen LogP contribution >= 0.6 is 0 Å². The first-order valence-electron chi connectivity index (χ1n) is 6.31. The van der Waals surface area contributed by atoms with Crippen LogP contribution in [0.5, 0.6) is 0 Å². The Balaban J connectivity index is 2.08.